The average molecular weight is 388 g/mol. The van der Waals surface area contributed by atoms with E-state index in [1.165, 1.54) is 25.6 Å². The van der Waals surface area contributed by atoms with Crippen molar-refractivity contribution in [3.05, 3.63) is 71.9 Å². The number of hydrogen-bond donors (Lipinski definition) is 1. The van der Waals surface area contributed by atoms with Crippen LogP contribution in [0, 0.1) is 12.7 Å². The molecule has 4 rings (SSSR count). The largest absolute Gasteiger partial charge is 0.465 e. The van der Waals surface area contributed by atoms with Crippen LogP contribution in [0.2, 0.25) is 0 Å². The number of methoxy groups -OCH3 is 1. The van der Waals surface area contributed by atoms with Crippen LogP contribution >= 0.6 is 0 Å². The molecule has 0 bridgehead atoms. The molecule has 0 aliphatic rings. The smallest absolute Gasteiger partial charge is 0.341 e. The second-order valence-electron chi connectivity index (χ2n) is 6.51. The maximum Gasteiger partial charge on any atom is 0.341 e. The molecule has 2 N–H and O–H groups in total. The van der Waals surface area contributed by atoms with Crippen LogP contribution in [0.25, 0.3) is 33.3 Å². The highest BCUT2D eigenvalue weighted by atomic mass is 19.1. The normalized spacial score (nSPS) is 10.9. The van der Waals surface area contributed by atoms with Crippen LogP contribution in [0.1, 0.15) is 16.1 Å². The lowest BCUT2D eigenvalue weighted by atomic mass is 9.96. The maximum atomic E-state index is 13.4. The third kappa shape index (κ3) is 3.38. The maximum absolute atomic E-state index is 13.4. The van der Waals surface area contributed by atoms with Crippen LogP contribution in [0.3, 0.4) is 0 Å². The van der Waals surface area contributed by atoms with E-state index >= 15 is 0 Å². The van der Waals surface area contributed by atoms with Gasteiger partial charge in [0.15, 0.2) is 0 Å². The molecule has 0 saturated heterocycles. The number of nitrogens with zero attached hydrogens (tertiary/aromatic N) is 3. The molecule has 0 aliphatic carbocycles. The van der Waals surface area contributed by atoms with Crippen molar-refractivity contribution in [2.45, 2.75) is 6.92 Å². The van der Waals surface area contributed by atoms with Crippen molar-refractivity contribution in [3.8, 4) is 22.4 Å². The predicted molar refractivity (Wildman–Crippen MR) is 109 cm³/mol. The summed E-state index contributed by atoms with van der Waals surface area (Å²) in [5, 5.41) is 0.881. The number of nitrogens with two attached hydrogens (primary N) is 1. The van der Waals surface area contributed by atoms with Crippen LogP contribution in [-0.2, 0) is 4.74 Å². The number of anilines is 1. The van der Waals surface area contributed by atoms with Crippen molar-refractivity contribution < 1.29 is 13.9 Å². The molecule has 144 valence electrons. The fourth-order valence-electron chi connectivity index (χ4n) is 3.20. The highest BCUT2D eigenvalue weighted by Gasteiger charge is 2.19. The second-order valence-corrected chi connectivity index (χ2v) is 6.51. The first-order valence-corrected chi connectivity index (χ1v) is 8.84. The van der Waals surface area contributed by atoms with Crippen molar-refractivity contribution in [1.82, 2.24) is 15.0 Å². The predicted octanol–water partition coefficient (Wildman–Crippen LogP) is 4.18. The van der Waals surface area contributed by atoms with Gasteiger partial charge in [-0.1, -0.05) is 6.07 Å². The number of carbonyl (C=O) groups is 1. The third-order valence-electron chi connectivity index (χ3n) is 4.72. The quantitative estimate of drug-likeness (QED) is 0.530. The minimum Gasteiger partial charge on any atom is -0.465 e. The van der Waals surface area contributed by atoms with Crippen molar-refractivity contribution in [1.29, 1.82) is 0 Å². The summed E-state index contributed by atoms with van der Waals surface area (Å²) in [4.78, 5) is 25.1. The average Bonchev–Trinajstić information content (AvgIpc) is 2.74. The van der Waals surface area contributed by atoms with Crippen molar-refractivity contribution >= 4 is 22.7 Å². The van der Waals surface area contributed by atoms with Gasteiger partial charge in [-0.15, -0.1) is 0 Å². The number of halogens is 1. The molecule has 29 heavy (non-hydrogen) atoms. The van der Waals surface area contributed by atoms with E-state index in [0.717, 1.165) is 22.2 Å². The van der Waals surface area contributed by atoms with E-state index in [4.69, 9.17) is 10.5 Å². The monoisotopic (exact) mass is 388 g/mol. The lowest BCUT2D eigenvalue weighted by Gasteiger charge is -2.14. The van der Waals surface area contributed by atoms with E-state index < -0.39 is 5.97 Å². The zero-order valence-electron chi connectivity index (χ0n) is 15.8. The van der Waals surface area contributed by atoms with Crippen LogP contribution in [0.4, 0.5) is 10.2 Å². The molecule has 0 aliphatic heterocycles. The van der Waals surface area contributed by atoms with Gasteiger partial charge < -0.3 is 10.5 Å². The first-order valence-electron chi connectivity index (χ1n) is 8.84. The van der Waals surface area contributed by atoms with Crippen molar-refractivity contribution in [2.24, 2.45) is 0 Å². The van der Waals surface area contributed by atoms with Gasteiger partial charge in [-0.25, -0.2) is 24.1 Å². The molecule has 7 heteroatoms. The number of fused-ring (bicyclic) bond motifs is 1. The van der Waals surface area contributed by atoms with Gasteiger partial charge in [-0.3, -0.25) is 0 Å². The van der Waals surface area contributed by atoms with Gasteiger partial charge in [-0.05, 0) is 55.0 Å². The summed E-state index contributed by atoms with van der Waals surface area (Å²) in [7, 11) is 1.28. The molecule has 2 heterocycles. The summed E-state index contributed by atoms with van der Waals surface area (Å²) in [5.74, 6) is -0.893. The molecule has 2 aromatic heterocycles. The van der Waals surface area contributed by atoms with Gasteiger partial charge in [0.2, 0.25) is 0 Å². The number of hydrogen-bond acceptors (Lipinski definition) is 6. The number of aromatic nitrogens is 3. The lowest BCUT2D eigenvalue weighted by Crippen LogP contribution is -2.09. The summed E-state index contributed by atoms with van der Waals surface area (Å²) < 4.78 is 18.2. The van der Waals surface area contributed by atoms with Gasteiger partial charge in [-0.2, -0.15) is 0 Å². The third-order valence-corrected chi connectivity index (χ3v) is 4.72. The van der Waals surface area contributed by atoms with E-state index in [9.17, 15) is 9.18 Å². The van der Waals surface area contributed by atoms with Gasteiger partial charge in [0, 0.05) is 22.2 Å². The van der Waals surface area contributed by atoms with E-state index in [0.29, 0.717) is 16.8 Å². The highest BCUT2D eigenvalue weighted by molar-refractivity contribution is 5.98. The number of pyridine rings is 1. The van der Waals surface area contributed by atoms with E-state index in [-0.39, 0.29) is 17.2 Å². The van der Waals surface area contributed by atoms with E-state index in [1.54, 1.807) is 18.2 Å². The molecule has 0 fully saturated rings. The Morgan fingerprint density at radius 2 is 1.76 bits per heavy atom. The minimum atomic E-state index is -0.581. The topological polar surface area (TPSA) is 91.0 Å². The molecular weight excluding hydrogens is 371 g/mol. The molecule has 0 saturated carbocycles. The van der Waals surface area contributed by atoms with Crippen LogP contribution in [0.15, 0.2) is 54.9 Å². The zero-order valence-corrected chi connectivity index (χ0v) is 15.8. The summed E-state index contributed by atoms with van der Waals surface area (Å²) in [6.45, 7) is 1.90. The van der Waals surface area contributed by atoms with Gasteiger partial charge in [0.1, 0.15) is 23.5 Å². The number of carbonyl (C=O) groups excluding carboxylic acids is 1. The van der Waals surface area contributed by atoms with Crippen LogP contribution < -0.4 is 5.73 Å². The minimum absolute atomic E-state index is 0.0419. The summed E-state index contributed by atoms with van der Waals surface area (Å²) in [6.07, 6.45) is 1.52. The molecular formula is C22H17FN4O2. The number of ether oxygens (including phenoxy) is 1. The summed E-state index contributed by atoms with van der Waals surface area (Å²) >= 11 is 0. The molecule has 4 aromatic rings. The number of nitrogen functional groups attached to an aromatic ring is 1. The Balaban J connectivity index is 2.00. The van der Waals surface area contributed by atoms with E-state index in [2.05, 4.69) is 15.0 Å². The molecule has 0 radical (unpaired) electrons. The fraction of sp³-hybridized carbons (Fsp3) is 0.0909. The highest BCUT2D eigenvalue weighted by Crippen LogP contribution is 2.35. The molecule has 0 amide bonds. The van der Waals surface area contributed by atoms with E-state index in [1.807, 2.05) is 25.1 Å². The number of esters is 1. The Hall–Kier alpha value is -3.87. The SMILES string of the molecule is COC(=O)c1cc(-c2ccc3ncnc(C)c3c2)c(-c2ccc(F)cc2)nc1N. The van der Waals surface area contributed by atoms with Crippen LogP contribution in [-0.4, -0.2) is 28.0 Å². The summed E-state index contributed by atoms with van der Waals surface area (Å²) in [6, 6.07) is 13.3. The number of rotatable bonds is 3. The lowest BCUT2D eigenvalue weighted by molar-refractivity contribution is 0.0601. The zero-order chi connectivity index (χ0) is 20.5. The molecule has 0 unspecified atom stereocenters. The first kappa shape index (κ1) is 18.5. The van der Waals surface area contributed by atoms with Gasteiger partial charge in [0.25, 0.3) is 0 Å². The standard InChI is InChI=1S/C22H17FN4O2/c1-12-16-9-14(5-8-19(16)26-11-25-12)17-10-18(22(28)29-2)21(24)27-20(17)13-3-6-15(23)7-4-13/h3-11H,1-2H3,(H2,24,27). The first-order chi connectivity index (χ1) is 14.0. The fourth-order valence-corrected chi connectivity index (χ4v) is 3.20. The Morgan fingerprint density at radius 3 is 2.48 bits per heavy atom. The Kier molecular flexibility index (Phi) is 4.64. The van der Waals surface area contributed by atoms with Gasteiger partial charge in [0.05, 0.1) is 18.3 Å². The van der Waals surface area contributed by atoms with Gasteiger partial charge >= 0.3 is 5.97 Å². The number of benzene rings is 2. The molecule has 2 aromatic carbocycles. The second kappa shape index (κ2) is 7.27. The van der Waals surface area contributed by atoms with Crippen molar-refractivity contribution in [2.75, 3.05) is 12.8 Å². The van der Waals surface area contributed by atoms with Crippen molar-refractivity contribution in [3.63, 3.8) is 0 Å². The van der Waals surface area contributed by atoms with Crippen LogP contribution in [0.5, 0.6) is 0 Å². The Morgan fingerprint density at radius 1 is 1.03 bits per heavy atom. The molecule has 0 spiro atoms. The summed E-state index contributed by atoms with van der Waals surface area (Å²) in [5.41, 5.74) is 10.5. The molecule has 0 atom stereocenters. The molecule has 6 nitrogen and oxygen atoms in total. The number of aryl methyl sites for hydroxylation is 1. The Labute approximate surface area is 166 Å². The Bertz CT molecular complexity index is 1240.